The second-order valence-electron chi connectivity index (χ2n) is 9.48. The summed E-state index contributed by atoms with van der Waals surface area (Å²) in [5.74, 6) is -1.87. The molecule has 3 heterocycles. The molecule has 0 bridgehead atoms. The molecule has 2 aliphatic rings. The lowest BCUT2D eigenvalue weighted by Crippen LogP contribution is -2.39. The standard InChI is InChI=1S/C26H30F2N4O4S2/c27-20-17-22(28)24-23(18-20)37-26(29-24)32(12-4-9-30-13-15-36-16-14-30)25(33)19-5-7-21(8-6-19)38(34,35)31-10-2-1-3-11-31/h5-8,17-18H,1-4,9-16H2. The van der Waals surface area contributed by atoms with Crippen LogP contribution in [-0.4, -0.2) is 81.0 Å². The number of carbonyl (C=O) groups is 1. The highest BCUT2D eigenvalue weighted by molar-refractivity contribution is 7.89. The minimum absolute atomic E-state index is 0.0142. The predicted octanol–water partition coefficient (Wildman–Crippen LogP) is 4.12. The molecule has 1 amide bonds. The Hall–Kier alpha value is -2.51. The van der Waals surface area contributed by atoms with Crippen molar-refractivity contribution in [3.63, 3.8) is 0 Å². The number of sulfonamides is 1. The summed E-state index contributed by atoms with van der Waals surface area (Å²) in [5, 5.41) is 0.265. The number of fused-ring (bicyclic) bond motifs is 1. The zero-order valence-electron chi connectivity index (χ0n) is 20.9. The maximum Gasteiger partial charge on any atom is 0.260 e. The van der Waals surface area contributed by atoms with Crippen LogP contribution in [0.4, 0.5) is 13.9 Å². The first kappa shape index (κ1) is 27.1. The third kappa shape index (κ3) is 5.89. The van der Waals surface area contributed by atoms with E-state index < -0.39 is 21.7 Å². The number of piperidine rings is 1. The molecule has 0 spiro atoms. The first-order valence-electron chi connectivity index (χ1n) is 12.8. The maximum absolute atomic E-state index is 14.4. The molecular formula is C26H30F2N4O4S2. The molecule has 0 aliphatic carbocycles. The van der Waals surface area contributed by atoms with E-state index in [2.05, 4.69) is 9.88 Å². The smallest absolute Gasteiger partial charge is 0.260 e. The summed E-state index contributed by atoms with van der Waals surface area (Å²) >= 11 is 1.05. The van der Waals surface area contributed by atoms with Crippen LogP contribution in [0.1, 0.15) is 36.0 Å². The van der Waals surface area contributed by atoms with Gasteiger partial charge in [-0.25, -0.2) is 22.2 Å². The van der Waals surface area contributed by atoms with Gasteiger partial charge in [-0.15, -0.1) is 0 Å². The Labute approximate surface area is 224 Å². The lowest BCUT2D eigenvalue weighted by atomic mass is 10.2. The van der Waals surface area contributed by atoms with Crippen LogP contribution in [0.2, 0.25) is 0 Å². The summed E-state index contributed by atoms with van der Waals surface area (Å²) in [4.78, 5) is 21.8. The van der Waals surface area contributed by atoms with Gasteiger partial charge in [0.1, 0.15) is 11.3 Å². The van der Waals surface area contributed by atoms with Crippen LogP contribution < -0.4 is 4.90 Å². The first-order chi connectivity index (χ1) is 18.3. The van der Waals surface area contributed by atoms with E-state index in [4.69, 9.17) is 4.74 Å². The number of thiazole rings is 1. The second kappa shape index (κ2) is 11.7. The Kier molecular flexibility index (Phi) is 8.34. The van der Waals surface area contributed by atoms with Crippen LogP contribution in [-0.2, 0) is 14.8 Å². The van der Waals surface area contributed by atoms with E-state index in [1.807, 2.05) is 0 Å². The predicted molar refractivity (Wildman–Crippen MR) is 142 cm³/mol. The minimum atomic E-state index is -3.62. The second-order valence-corrected chi connectivity index (χ2v) is 12.4. The lowest BCUT2D eigenvalue weighted by Gasteiger charge is -2.28. The molecule has 1 aromatic heterocycles. The van der Waals surface area contributed by atoms with Gasteiger partial charge < -0.3 is 4.74 Å². The van der Waals surface area contributed by atoms with Gasteiger partial charge in [-0.2, -0.15) is 4.31 Å². The fraction of sp³-hybridized carbons (Fsp3) is 0.462. The zero-order chi connectivity index (χ0) is 26.7. The van der Waals surface area contributed by atoms with Gasteiger partial charge in [0.2, 0.25) is 10.0 Å². The minimum Gasteiger partial charge on any atom is -0.379 e. The maximum atomic E-state index is 14.4. The van der Waals surface area contributed by atoms with Crippen molar-refractivity contribution in [2.24, 2.45) is 0 Å². The van der Waals surface area contributed by atoms with E-state index in [-0.39, 0.29) is 21.5 Å². The van der Waals surface area contributed by atoms with Crippen molar-refractivity contribution in [2.45, 2.75) is 30.6 Å². The van der Waals surface area contributed by atoms with Gasteiger partial charge in [0.05, 0.1) is 22.8 Å². The molecule has 0 unspecified atom stereocenters. The number of hydrogen-bond acceptors (Lipinski definition) is 7. The molecule has 38 heavy (non-hydrogen) atoms. The van der Waals surface area contributed by atoms with Crippen LogP contribution in [0.25, 0.3) is 10.2 Å². The number of ether oxygens (including phenoxy) is 1. The Morgan fingerprint density at radius 3 is 2.45 bits per heavy atom. The Balaban J connectivity index is 1.39. The van der Waals surface area contributed by atoms with Crippen LogP contribution in [0.15, 0.2) is 41.3 Å². The van der Waals surface area contributed by atoms with E-state index in [0.717, 1.165) is 56.3 Å². The molecule has 8 nitrogen and oxygen atoms in total. The Bertz CT molecular complexity index is 1390. The number of aromatic nitrogens is 1. The van der Waals surface area contributed by atoms with Crippen LogP contribution in [0.5, 0.6) is 0 Å². The topological polar surface area (TPSA) is 83.1 Å². The van der Waals surface area contributed by atoms with E-state index in [9.17, 15) is 22.0 Å². The quantitative estimate of drug-likeness (QED) is 0.410. The molecular weight excluding hydrogens is 534 g/mol. The normalized spacial score (nSPS) is 17.6. The van der Waals surface area contributed by atoms with Crippen molar-refractivity contribution < 1.29 is 26.7 Å². The lowest BCUT2D eigenvalue weighted by molar-refractivity contribution is 0.0376. The largest absolute Gasteiger partial charge is 0.379 e. The van der Waals surface area contributed by atoms with Crippen molar-refractivity contribution in [3.8, 4) is 0 Å². The van der Waals surface area contributed by atoms with Gasteiger partial charge in [-0.3, -0.25) is 14.6 Å². The van der Waals surface area contributed by atoms with E-state index >= 15 is 0 Å². The number of amides is 1. The number of hydrogen-bond donors (Lipinski definition) is 0. The fourth-order valence-electron chi connectivity index (χ4n) is 4.80. The summed E-state index contributed by atoms with van der Waals surface area (Å²) < 4.78 is 61.4. The molecule has 0 radical (unpaired) electrons. The molecule has 5 rings (SSSR count). The molecule has 2 fully saturated rings. The van der Waals surface area contributed by atoms with Crippen molar-refractivity contribution >= 4 is 42.6 Å². The number of rotatable bonds is 8. The summed E-state index contributed by atoms with van der Waals surface area (Å²) in [6.07, 6.45) is 3.33. The molecule has 2 aromatic carbocycles. The van der Waals surface area contributed by atoms with E-state index in [0.29, 0.717) is 49.5 Å². The van der Waals surface area contributed by atoms with Crippen LogP contribution in [0, 0.1) is 11.6 Å². The Morgan fingerprint density at radius 2 is 1.74 bits per heavy atom. The highest BCUT2D eigenvalue weighted by Gasteiger charge is 2.27. The summed E-state index contributed by atoms with van der Waals surface area (Å²) in [6.45, 7) is 5.00. The van der Waals surface area contributed by atoms with Gasteiger partial charge >= 0.3 is 0 Å². The molecule has 2 aliphatic heterocycles. The molecule has 0 N–H and O–H groups in total. The van der Waals surface area contributed by atoms with Gasteiger partial charge in [0.25, 0.3) is 5.91 Å². The zero-order valence-corrected chi connectivity index (χ0v) is 22.6. The van der Waals surface area contributed by atoms with Gasteiger partial charge in [-0.1, -0.05) is 17.8 Å². The van der Waals surface area contributed by atoms with Crippen LogP contribution in [0.3, 0.4) is 0 Å². The summed E-state index contributed by atoms with van der Waals surface area (Å²) in [6, 6.07) is 7.89. The molecule has 2 saturated heterocycles. The molecule has 0 atom stereocenters. The summed E-state index contributed by atoms with van der Waals surface area (Å²) in [5.41, 5.74) is 0.306. The van der Waals surface area contributed by atoms with Crippen molar-refractivity contribution in [1.29, 1.82) is 0 Å². The Morgan fingerprint density at radius 1 is 1.03 bits per heavy atom. The van der Waals surface area contributed by atoms with Gasteiger partial charge in [0.15, 0.2) is 10.9 Å². The monoisotopic (exact) mass is 564 g/mol. The highest BCUT2D eigenvalue weighted by Crippen LogP contribution is 2.32. The average molecular weight is 565 g/mol. The number of nitrogens with zero attached hydrogens (tertiary/aromatic N) is 4. The molecule has 204 valence electrons. The third-order valence-electron chi connectivity index (χ3n) is 6.89. The number of halogens is 2. The number of carbonyl (C=O) groups excluding carboxylic acids is 1. The van der Waals surface area contributed by atoms with Crippen molar-refractivity contribution in [1.82, 2.24) is 14.2 Å². The first-order valence-corrected chi connectivity index (χ1v) is 15.1. The molecule has 0 saturated carbocycles. The highest BCUT2D eigenvalue weighted by atomic mass is 32.2. The average Bonchev–Trinajstić information content (AvgIpc) is 3.36. The number of morpholine rings is 1. The van der Waals surface area contributed by atoms with Crippen molar-refractivity contribution in [2.75, 3.05) is 57.4 Å². The summed E-state index contributed by atoms with van der Waals surface area (Å²) in [7, 11) is -3.62. The fourth-order valence-corrected chi connectivity index (χ4v) is 7.35. The number of anilines is 1. The molecule has 3 aromatic rings. The van der Waals surface area contributed by atoms with Gasteiger partial charge in [-0.05, 0) is 49.6 Å². The third-order valence-corrected chi connectivity index (χ3v) is 9.83. The van der Waals surface area contributed by atoms with Crippen molar-refractivity contribution in [3.05, 3.63) is 53.6 Å². The SMILES string of the molecule is O=C(c1ccc(S(=O)(=O)N2CCCCC2)cc1)N(CCCN1CCOCC1)c1nc2c(F)cc(F)cc2s1. The van der Waals surface area contributed by atoms with Crippen LogP contribution >= 0.6 is 11.3 Å². The van der Waals surface area contributed by atoms with Gasteiger partial charge in [0, 0.05) is 50.9 Å². The molecule has 12 heteroatoms. The van der Waals surface area contributed by atoms with E-state index in [1.165, 1.54) is 39.5 Å². The number of benzene rings is 2. The van der Waals surface area contributed by atoms with E-state index in [1.54, 1.807) is 0 Å².